The Morgan fingerprint density at radius 2 is 1.78 bits per heavy atom. The molecule has 144 valence electrons. The van der Waals surface area contributed by atoms with Crippen molar-refractivity contribution in [1.82, 2.24) is 4.90 Å². The van der Waals surface area contributed by atoms with Gasteiger partial charge in [-0.3, -0.25) is 9.52 Å². The van der Waals surface area contributed by atoms with Crippen molar-refractivity contribution in [2.24, 2.45) is 5.92 Å². The van der Waals surface area contributed by atoms with Gasteiger partial charge in [0.25, 0.3) is 5.91 Å². The number of hydrogen-bond donors (Lipinski definition) is 1. The lowest BCUT2D eigenvalue weighted by atomic mass is 9.90. The van der Waals surface area contributed by atoms with Crippen molar-refractivity contribution < 1.29 is 13.2 Å². The lowest BCUT2D eigenvalue weighted by molar-refractivity contribution is 0.0690. The van der Waals surface area contributed by atoms with Crippen LogP contribution >= 0.6 is 0 Å². The summed E-state index contributed by atoms with van der Waals surface area (Å²) in [6.45, 7) is 3.33. The molecule has 0 aromatic heterocycles. The van der Waals surface area contributed by atoms with Gasteiger partial charge in [-0.15, -0.1) is 0 Å². The standard InChI is InChI=1S/C21H26N2O3S/c1-16-14-19(8-9-20(16)22-27(2,25)26)21(24)23-12-10-18(11-13-23)15-17-6-4-3-5-7-17/h3-9,14,18,22H,10-13,15H2,1-2H3. The topological polar surface area (TPSA) is 66.5 Å². The lowest BCUT2D eigenvalue weighted by Crippen LogP contribution is -2.39. The van der Waals surface area contributed by atoms with E-state index in [2.05, 4.69) is 29.0 Å². The number of carbonyl (C=O) groups excluding carboxylic acids is 1. The molecule has 27 heavy (non-hydrogen) atoms. The highest BCUT2D eigenvalue weighted by molar-refractivity contribution is 7.92. The lowest BCUT2D eigenvalue weighted by Gasteiger charge is -2.32. The average molecular weight is 387 g/mol. The van der Waals surface area contributed by atoms with Crippen LogP contribution in [0.2, 0.25) is 0 Å². The van der Waals surface area contributed by atoms with Gasteiger partial charge in [-0.25, -0.2) is 8.42 Å². The maximum absolute atomic E-state index is 12.8. The first kappa shape index (κ1) is 19.4. The molecule has 0 aliphatic carbocycles. The number of rotatable bonds is 5. The quantitative estimate of drug-likeness (QED) is 0.856. The normalized spacial score (nSPS) is 15.6. The highest BCUT2D eigenvalue weighted by Gasteiger charge is 2.24. The summed E-state index contributed by atoms with van der Waals surface area (Å²) < 4.78 is 25.3. The number of nitrogens with one attached hydrogen (secondary N) is 1. The summed E-state index contributed by atoms with van der Waals surface area (Å²) in [7, 11) is -3.33. The fourth-order valence-electron chi connectivity index (χ4n) is 3.58. The van der Waals surface area contributed by atoms with Crippen LogP contribution in [0.5, 0.6) is 0 Å². The Bertz CT molecular complexity index is 902. The fourth-order valence-corrected chi connectivity index (χ4v) is 4.21. The summed E-state index contributed by atoms with van der Waals surface area (Å²) in [6, 6.07) is 15.6. The zero-order valence-corrected chi connectivity index (χ0v) is 16.6. The van der Waals surface area contributed by atoms with E-state index in [-0.39, 0.29) is 5.91 Å². The number of piperidine rings is 1. The molecule has 1 aliphatic rings. The fraction of sp³-hybridized carbons (Fsp3) is 0.381. The van der Waals surface area contributed by atoms with Crippen LogP contribution in [0.25, 0.3) is 0 Å². The Labute approximate surface area is 161 Å². The van der Waals surface area contributed by atoms with E-state index < -0.39 is 10.0 Å². The van der Waals surface area contributed by atoms with Gasteiger partial charge in [0.05, 0.1) is 11.9 Å². The van der Waals surface area contributed by atoms with Crippen LogP contribution in [0.4, 0.5) is 5.69 Å². The number of nitrogens with zero attached hydrogens (tertiary/aromatic N) is 1. The van der Waals surface area contributed by atoms with Gasteiger partial charge in [0, 0.05) is 18.7 Å². The SMILES string of the molecule is Cc1cc(C(=O)N2CCC(Cc3ccccc3)CC2)ccc1NS(C)(=O)=O. The molecule has 0 saturated carbocycles. The molecule has 0 bridgehead atoms. The van der Waals surface area contributed by atoms with Crippen LogP contribution in [0.15, 0.2) is 48.5 Å². The molecule has 0 radical (unpaired) electrons. The average Bonchev–Trinajstić information content (AvgIpc) is 2.63. The van der Waals surface area contributed by atoms with Crippen LogP contribution in [-0.4, -0.2) is 38.6 Å². The van der Waals surface area contributed by atoms with E-state index in [1.54, 1.807) is 25.1 Å². The summed E-state index contributed by atoms with van der Waals surface area (Å²) in [5.41, 5.74) is 3.21. The van der Waals surface area contributed by atoms with E-state index in [0.717, 1.165) is 44.2 Å². The van der Waals surface area contributed by atoms with Crippen molar-refractivity contribution in [1.29, 1.82) is 0 Å². The summed E-state index contributed by atoms with van der Waals surface area (Å²) in [5.74, 6) is 0.627. The molecule has 0 spiro atoms. The van der Waals surface area contributed by atoms with Crippen molar-refractivity contribution in [3.05, 3.63) is 65.2 Å². The Hall–Kier alpha value is -2.34. The third kappa shape index (κ3) is 5.32. The minimum absolute atomic E-state index is 0.0159. The van der Waals surface area contributed by atoms with Crippen molar-refractivity contribution in [3.63, 3.8) is 0 Å². The van der Waals surface area contributed by atoms with E-state index in [4.69, 9.17) is 0 Å². The van der Waals surface area contributed by atoms with Crippen molar-refractivity contribution in [2.75, 3.05) is 24.1 Å². The van der Waals surface area contributed by atoms with Gasteiger partial charge in [-0.2, -0.15) is 0 Å². The molecule has 6 heteroatoms. The summed E-state index contributed by atoms with van der Waals surface area (Å²) in [5, 5.41) is 0. The number of anilines is 1. The first-order valence-corrected chi connectivity index (χ1v) is 11.1. The van der Waals surface area contributed by atoms with Crippen LogP contribution in [-0.2, 0) is 16.4 Å². The van der Waals surface area contributed by atoms with Crippen molar-refractivity contribution in [2.45, 2.75) is 26.2 Å². The van der Waals surface area contributed by atoms with Crippen LogP contribution in [0.3, 0.4) is 0 Å². The predicted molar refractivity (Wildman–Crippen MR) is 108 cm³/mol. The molecule has 3 rings (SSSR count). The van der Waals surface area contributed by atoms with Crippen LogP contribution in [0, 0.1) is 12.8 Å². The predicted octanol–water partition coefficient (Wildman–Crippen LogP) is 3.46. The molecule has 0 unspecified atom stereocenters. The second kappa shape index (κ2) is 8.13. The first-order chi connectivity index (χ1) is 12.8. The van der Waals surface area contributed by atoms with Crippen molar-refractivity contribution in [3.8, 4) is 0 Å². The summed E-state index contributed by atoms with van der Waals surface area (Å²) in [4.78, 5) is 14.7. The molecule has 1 fully saturated rings. The Morgan fingerprint density at radius 1 is 1.11 bits per heavy atom. The third-order valence-electron chi connectivity index (χ3n) is 5.04. The summed E-state index contributed by atoms with van der Waals surface area (Å²) in [6.07, 6.45) is 4.19. The Balaban J connectivity index is 1.60. The molecule has 5 nitrogen and oxygen atoms in total. The molecule has 1 heterocycles. The second-order valence-electron chi connectivity index (χ2n) is 7.33. The van der Waals surface area contributed by atoms with Gasteiger partial charge in [-0.1, -0.05) is 30.3 Å². The number of aryl methyl sites for hydroxylation is 1. The maximum atomic E-state index is 12.8. The summed E-state index contributed by atoms with van der Waals surface area (Å²) >= 11 is 0. The number of likely N-dealkylation sites (tertiary alicyclic amines) is 1. The maximum Gasteiger partial charge on any atom is 0.253 e. The molecule has 0 atom stereocenters. The molecule has 1 saturated heterocycles. The molecular weight excluding hydrogens is 360 g/mol. The smallest absolute Gasteiger partial charge is 0.253 e. The van der Waals surface area contributed by atoms with Crippen LogP contribution < -0.4 is 4.72 Å². The third-order valence-corrected chi connectivity index (χ3v) is 5.63. The van der Waals surface area contributed by atoms with E-state index >= 15 is 0 Å². The zero-order valence-electron chi connectivity index (χ0n) is 15.8. The number of sulfonamides is 1. The minimum Gasteiger partial charge on any atom is -0.339 e. The van der Waals surface area contributed by atoms with E-state index in [1.807, 2.05) is 11.0 Å². The number of amides is 1. The number of carbonyl (C=O) groups is 1. The molecule has 1 amide bonds. The van der Waals surface area contributed by atoms with Gasteiger partial charge in [0.15, 0.2) is 0 Å². The first-order valence-electron chi connectivity index (χ1n) is 9.23. The van der Waals surface area contributed by atoms with Gasteiger partial charge in [-0.05, 0) is 61.4 Å². The molecular formula is C21H26N2O3S. The molecule has 2 aromatic carbocycles. The van der Waals surface area contributed by atoms with E-state index in [0.29, 0.717) is 17.2 Å². The van der Waals surface area contributed by atoms with Crippen LogP contribution in [0.1, 0.15) is 34.3 Å². The van der Waals surface area contributed by atoms with Crippen molar-refractivity contribution >= 4 is 21.6 Å². The minimum atomic E-state index is -3.33. The van der Waals surface area contributed by atoms with Gasteiger partial charge in [0.2, 0.25) is 10.0 Å². The number of hydrogen-bond acceptors (Lipinski definition) is 3. The highest BCUT2D eigenvalue weighted by atomic mass is 32.2. The molecule has 1 aliphatic heterocycles. The van der Waals surface area contributed by atoms with Gasteiger partial charge in [0.1, 0.15) is 0 Å². The van der Waals surface area contributed by atoms with E-state index in [9.17, 15) is 13.2 Å². The Kier molecular flexibility index (Phi) is 5.85. The number of benzene rings is 2. The largest absolute Gasteiger partial charge is 0.339 e. The molecule has 1 N–H and O–H groups in total. The monoisotopic (exact) mass is 386 g/mol. The molecule has 2 aromatic rings. The highest BCUT2D eigenvalue weighted by Crippen LogP contribution is 2.24. The van der Waals surface area contributed by atoms with E-state index in [1.165, 1.54) is 5.56 Å². The second-order valence-corrected chi connectivity index (χ2v) is 9.08. The van der Waals surface area contributed by atoms with Gasteiger partial charge < -0.3 is 4.90 Å². The zero-order chi connectivity index (χ0) is 19.4. The Morgan fingerprint density at radius 3 is 2.37 bits per heavy atom. The van der Waals surface area contributed by atoms with Gasteiger partial charge >= 0.3 is 0 Å².